The Bertz CT molecular complexity index is 1060. The molecule has 8 heteroatoms. The van der Waals surface area contributed by atoms with E-state index in [-0.39, 0.29) is 24.5 Å². The van der Waals surface area contributed by atoms with Gasteiger partial charge in [-0.2, -0.15) is 0 Å². The molecule has 2 aromatic heterocycles. The van der Waals surface area contributed by atoms with Crippen LogP contribution in [0.3, 0.4) is 0 Å². The van der Waals surface area contributed by atoms with Crippen molar-refractivity contribution in [3.05, 3.63) is 83.4 Å². The molecule has 4 rings (SSSR count). The number of esters is 1. The average Bonchev–Trinajstić information content (AvgIpc) is 3.36. The van der Waals surface area contributed by atoms with Crippen molar-refractivity contribution in [3.63, 3.8) is 0 Å². The third-order valence-electron chi connectivity index (χ3n) is 5.15. The van der Waals surface area contributed by atoms with E-state index in [0.29, 0.717) is 16.7 Å². The number of hydrogen-bond acceptors (Lipinski definition) is 4. The van der Waals surface area contributed by atoms with Crippen LogP contribution in [0, 0.1) is 0 Å². The van der Waals surface area contributed by atoms with Gasteiger partial charge in [-0.15, -0.1) is 0 Å². The Balaban J connectivity index is 1.76. The number of carbonyl (C=O) groups excluding carboxylic acids is 1. The Labute approximate surface area is 185 Å². The van der Waals surface area contributed by atoms with E-state index in [0.717, 1.165) is 17.1 Å². The van der Waals surface area contributed by atoms with Gasteiger partial charge in [0.2, 0.25) is 0 Å². The zero-order valence-corrected chi connectivity index (χ0v) is 17.9. The molecule has 1 aliphatic heterocycles. The van der Waals surface area contributed by atoms with Gasteiger partial charge in [-0.05, 0) is 54.7 Å². The van der Waals surface area contributed by atoms with E-state index in [9.17, 15) is 4.79 Å². The number of ether oxygens (including phenoxy) is 1. The zero-order chi connectivity index (χ0) is 21.1. The molecule has 0 aliphatic carbocycles. The highest BCUT2D eigenvalue weighted by atomic mass is 35.5. The fourth-order valence-corrected chi connectivity index (χ4v) is 4.29. The highest BCUT2D eigenvalue weighted by Gasteiger charge is 2.41. The smallest absolute Gasteiger partial charge is 0.307 e. The molecule has 1 aliphatic rings. The van der Waals surface area contributed by atoms with Crippen LogP contribution in [0.4, 0.5) is 0 Å². The Kier molecular flexibility index (Phi) is 6.01. The van der Waals surface area contributed by atoms with Crippen LogP contribution < -0.4 is 5.32 Å². The molecular formula is C22H21ClN4O2S. The number of rotatable bonds is 6. The van der Waals surface area contributed by atoms with Crippen LogP contribution >= 0.6 is 23.8 Å². The maximum atomic E-state index is 11.8. The summed E-state index contributed by atoms with van der Waals surface area (Å²) in [7, 11) is 1.39. The van der Waals surface area contributed by atoms with Gasteiger partial charge < -0.3 is 19.5 Å². The molecule has 0 spiro atoms. The number of nitrogens with one attached hydrogen (secondary N) is 1. The molecule has 1 fully saturated rings. The lowest BCUT2D eigenvalue weighted by Crippen LogP contribution is -2.32. The van der Waals surface area contributed by atoms with Gasteiger partial charge >= 0.3 is 5.97 Å². The zero-order valence-electron chi connectivity index (χ0n) is 16.4. The van der Waals surface area contributed by atoms with Crippen LogP contribution in [0.5, 0.6) is 0 Å². The molecule has 0 bridgehead atoms. The number of thiocarbonyl (C=S) groups is 1. The van der Waals surface area contributed by atoms with Crippen LogP contribution in [0.1, 0.15) is 29.9 Å². The summed E-state index contributed by atoms with van der Waals surface area (Å²) in [5, 5.41) is 4.64. The maximum absolute atomic E-state index is 11.8. The summed E-state index contributed by atoms with van der Waals surface area (Å²) in [6.07, 6.45) is 4.00. The minimum Gasteiger partial charge on any atom is -0.469 e. The number of pyridine rings is 1. The fraction of sp³-hybridized carbons (Fsp3) is 0.227. The predicted octanol–water partition coefficient (Wildman–Crippen LogP) is 4.06. The van der Waals surface area contributed by atoms with Gasteiger partial charge in [0.15, 0.2) is 5.11 Å². The lowest BCUT2D eigenvalue weighted by Gasteiger charge is -2.28. The molecule has 0 amide bonds. The molecule has 30 heavy (non-hydrogen) atoms. The highest BCUT2D eigenvalue weighted by molar-refractivity contribution is 7.80. The first kappa shape index (κ1) is 20.4. The van der Waals surface area contributed by atoms with E-state index in [2.05, 4.69) is 20.9 Å². The number of benzene rings is 1. The van der Waals surface area contributed by atoms with E-state index >= 15 is 0 Å². The van der Waals surface area contributed by atoms with Gasteiger partial charge in [-0.1, -0.05) is 23.7 Å². The maximum Gasteiger partial charge on any atom is 0.307 e. The minimum atomic E-state index is -0.275. The number of halogens is 1. The molecule has 0 unspecified atom stereocenters. The molecule has 3 heterocycles. The lowest BCUT2D eigenvalue weighted by molar-refractivity contribution is -0.140. The van der Waals surface area contributed by atoms with Gasteiger partial charge in [0.05, 0.1) is 31.3 Å². The summed E-state index contributed by atoms with van der Waals surface area (Å²) in [5.41, 5.74) is 2.85. The molecule has 0 radical (unpaired) electrons. The Morgan fingerprint density at radius 3 is 2.83 bits per heavy atom. The van der Waals surface area contributed by atoms with Crippen molar-refractivity contribution >= 4 is 34.9 Å². The van der Waals surface area contributed by atoms with E-state index in [4.69, 9.17) is 28.6 Å². The second-order valence-corrected chi connectivity index (χ2v) is 7.75. The largest absolute Gasteiger partial charge is 0.469 e. The van der Waals surface area contributed by atoms with Crippen LogP contribution in [-0.2, 0) is 9.53 Å². The topological polar surface area (TPSA) is 59.4 Å². The standard InChI is InChI=1S/C22H21ClN4O2S/c1-29-19(28)10-13-27-21(20(25-22(27)30)17-8-2-3-11-24-17)18-9-5-12-26(18)16-7-4-6-15(23)14-16/h2-9,11-12,14,20-21H,10,13H2,1H3,(H,25,30)/t20-,21+/m0/s1. The number of nitrogens with zero attached hydrogens (tertiary/aromatic N) is 3. The molecule has 1 N–H and O–H groups in total. The number of carbonyl (C=O) groups is 1. The van der Waals surface area contributed by atoms with Gasteiger partial charge in [0, 0.05) is 35.3 Å². The lowest BCUT2D eigenvalue weighted by atomic mass is 10.0. The Morgan fingerprint density at radius 2 is 2.10 bits per heavy atom. The average molecular weight is 441 g/mol. The molecule has 1 aromatic carbocycles. The first-order chi connectivity index (χ1) is 14.6. The summed E-state index contributed by atoms with van der Waals surface area (Å²) in [4.78, 5) is 18.4. The fourth-order valence-electron chi connectivity index (χ4n) is 3.78. The van der Waals surface area contributed by atoms with Crippen LogP contribution in [0.25, 0.3) is 5.69 Å². The van der Waals surface area contributed by atoms with Crippen molar-refractivity contribution in [2.45, 2.75) is 18.5 Å². The third-order valence-corrected chi connectivity index (χ3v) is 5.74. The minimum absolute atomic E-state index is 0.161. The van der Waals surface area contributed by atoms with E-state index < -0.39 is 0 Å². The molecular weight excluding hydrogens is 420 g/mol. The van der Waals surface area contributed by atoms with Gasteiger partial charge in [-0.3, -0.25) is 9.78 Å². The summed E-state index contributed by atoms with van der Waals surface area (Å²) in [5.74, 6) is -0.275. The predicted molar refractivity (Wildman–Crippen MR) is 120 cm³/mol. The molecule has 0 saturated carbocycles. The second-order valence-electron chi connectivity index (χ2n) is 6.93. The second kappa shape index (κ2) is 8.85. The van der Waals surface area contributed by atoms with Crippen molar-refractivity contribution in [3.8, 4) is 5.69 Å². The van der Waals surface area contributed by atoms with Crippen molar-refractivity contribution in [1.82, 2.24) is 19.8 Å². The molecule has 3 aromatic rings. The van der Waals surface area contributed by atoms with E-state index in [1.165, 1.54) is 7.11 Å². The summed E-state index contributed by atoms with van der Waals surface area (Å²) in [6, 6.07) is 17.2. The summed E-state index contributed by atoms with van der Waals surface area (Å²) < 4.78 is 6.92. The van der Waals surface area contributed by atoms with Crippen LogP contribution in [0.15, 0.2) is 67.0 Å². The van der Waals surface area contributed by atoms with Gasteiger partial charge in [0.25, 0.3) is 0 Å². The normalized spacial score (nSPS) is 18.3. The third kappa shape index (κ3) is 4.04. The number of aromatic nitrogens is 2. The van der Waals surface area contributed by atoms with Crippen LogP contribution in [0.2, 0.25) is 5.02 Å². The van der Waals surface area contributed by atoms with E-state index in [1.54, 1.807) is 6.20 Å². The van der Waals surface area contributed by atoms with Crippen LogP contribution in [-0.4, -0.2) is 39.2 Å². The van der Waals surface area contributed by atoms with Crippen molar-refractivity contribution in [1.29, 1.82) is 0 Å². The number of methoxy groups -OCH3 is 1. The Morgan fingerprint density at radius 1 is 1.23 bits per heavy atom. The first-order valence-corrected chi connectivity index (χ1v) is 10.3. The summed E-state index contributed by atoms with van der Waals surface area (Å²) >= 11 is 11.9. The molecule has 1 saturated heterocycles. The van der Waals surface area contributed by atoms with Gasteiger partial charge in [0.1, 0.15) is 0 Å². The quantitative estimate of drug-likeness (QED) is 0.460. The molecule has 2 atom stereocenters. The first-order valence-electron chi connectivity index (χ1n) is 9.56. The van der Waals surface area contributed by atoms with E-state index in [1.807, 2.05) is 59.6 Å². The van der Waals surface area contributed by atoms with Crippen molar-refractivity contribution in [2.75, 3.05) is 13.7 Å². The number of hydrogen-bond donors (Lipinski definition) is 1. The van der Waals surface area contributed by atoms with Crippen molar-refractivity contribution in [2.24, 2.45) is 0 Å². The van der Waals surface area contributed by atoms with Crippen molar-refractivity contribution < 1.29 is 9.53 Å². The highest BCUT2D eigenvalue weighted by Crippen LogP contribution is 2.39. The monoisotopic (exact) mass is 440 g/mol. The Hall–Kier alpha value is -2.90. The summed E-state index contributed by atoms with van der Waals surface area (Å²) in [6.45, 7) is 0.438. The van der Waals surface area contributed by atoms with Gasteiger partial charge in [-0.25, -0.2) is 0 Å². The molecule has 6 nitrogen and oxygen atoms in total. The SMILES string of the molecule is COC(=O)CCN1C(=S)N[C@@H](c2ccccn2)[C@H]1c1cccn1-c1cccc(Cl)c1. The molecule has 154 valence electrons.